The van der Waals surface area contributed by atoms with Crippen LogP contribution in [0, 0.1) is 0 Å². The zero-order valence-corrected chi connectivity index (χ0v) is 13.3. The van der Waals surface area contributed by atoms with Gasteiger partial charge >= 0.3 is 6.09 Å². The molecule has 0 saturated heterocycles. The summed E-state index contributed by atoms with van der Waals surface area (Å²) in [5.74, 6) is 0.104. The standard InChI is InChI=1S/C14H28N2O3/c1-11(2)16(7)12(17)9-8-10-15(6)13(18)19-14(3,4)5/h11H,8-10H2,1-7H3. The third-order valence-electron chi connectivity index (χ3n) is 2.76. The molecule has 112 valence electrons. The summed E-state index contributed by atoms with van der Waals surface area (Å²) in [4.78, 5) is 26.7. The highest BCUT2D eigenvalue weighted by Crippen LogP contribution is 2.09. The lowest BCUT2D eigenvalue weighted by Gasteiger charge is -2.25. The highest BCUT2D eigenvalue weighted by atomic mass is 16.6. The van der Waals surface area contributed by atoms with E-state index in [2.05, 4.69) is 0 Å². The lowest BCUT2D eigenvalue weighted by Crippen LogP contribution is -2.36. The Hall–Kier alpha value is -1.26. The van der Waals surface area contributed by atoms with Gasteiger partial charge in [-0.3, -0.25) is 4.79 Å². The van der Waals surface area contributed by atoms with Gasteiger partial charge in [-0.1, -0.05) is 0 Å². The van der Waals surface area contributed by atoms with E-state index in [-0.39, 0.29) is 18.0 Å². The highest BCUT2D eigenvalue weighted by Gasteiger charge is 2.19. The van der Waals surface area contributed by atoms with Crippen molar-refractivity contribution in [2.24, 2.45) is 0 Å². The van der Waals surface area contributed by atoms with Gasteiger partial charge in [0.05, 0.1) is 0 Å². The van der Waals surface area contributed by atoms with E-state index in [4.69, 9.17) is 4.74 Å². The average molecular weight is 272 g/mol. The normalized spacial score (nSPS) is 11.4. The molecule has 2 amide bonds. The summed E-state index contributed by atoms with van der Waals surface area (Å²) in [6.07, 6.45) is 0.741. The maximum atomic E-state index is 11.8. The van der Waals surface area contributed by atoms with Crippen LogP contribution in [0.3, 0.4) is 0 Å². The molecular weight excluding hydrogens is 244 g/mol. The van der Waals surface area contributed by atoms with Crippen LogP contribution in [0.25, 0.3) is 0 Å². The maximum absolute atomic E-state index is 11.8. The number of amides is 2. The predicted molar refractivity (Wildman–Crippen MR) is 76.0 cm³/mol. The average Bonchev–Trinajstić information content (AvgIpc) is 2.24. The number of hydrogen-bond acceptors (Lipinski definition) is 3. The largest absolute Gasteiger partial charge is 0.444 e. The van der Waals surface area contributed by atoms with Crippen molar-refractivity contribution in [1.29, 1.82) is 0 Å². The first-order chi connectivity index (χ1) is 8.54. The van der Waals surface area contributed by atoms with E-state index in [1.807, 2.05) is 34.6 Å². The summed E-state index contributed by atoms with van der Waals surface area (Å²) in [7, 11) is 3.48. The maximum Gasteiger partial charge on any atom is 0.410 e. The molecule has 0 N–H and O–H groups in total. The first kappa shape index (κ1) is 17.7. The van der Waals surface area contributed by atoms with Crippen LogP contribution >= 0.6 is 0 Å². The van der Waals surface area contributed by atoms with E-state index < -0.39 is 5.60 Å². The summed E-state index contributed by atoms with van der Waals surface area (Å²) in [5, 5.41) is 0. The second kappa shape index (κ2) is 7.36. The molecule has 0 saturated carbocycles. The Morgan fingerprint density at radius 3 is 2.11 bits per heavy atom. The van der Waals surface area contributed by atoms with Gasteiger partial charge in [0.25, 0.3) is 0 Å². The van der Waals surface area contributed by atoms with Gasteiger partial charge in [-0.2, -0.15) is 0 Å². The van der Waals surface area contributed by atoms with Gasteiger partial charge in [-0.15, -0.1) is 0 Å². The van der Waals surface area contributed by atoms with E-state index in [0.717, 1.165) is 0 Å². The van der Waals surface area contributed by atoms with Crippen LogP contribution in [0.15, 0.2) is 0 Å². The Bertz CT molecular complexity index is 308. The predicted octanol–water partition coefficient (Wildman–Crippen LogP) is 2.50. The number of ether oxygens (including phenoxy) is 1. The van der Waals surface area contributed by atoms with Crippen LogP contribution in [0.1, 0.15) is 47.5 Å². The Balaban J connectivity index is 4.01. The summed E-state index contributed by atoms with van der Waals surface area (Å²) < 4.78 is 5.23. The summed E-state index contributed by atoms with van der Waals surface area (Å²) in [6, 6.07) is 0.205. The molecule has 0 aliphatic heterocycles. The Morgan fingerprint density at radius 2 is 1.68 bits per heavy atom. The second-order valence-corrected chi connectivity index (χ2v) is 6.10. The first-order valence-electron chi connectivity index (χ1n) is 6.74. The number of carbonyl (C=O) groups is 2. The van der Waals surface area contributed by atoms with Crippen molar-refractivity contribution in [3.63, 3.8) is 0 Å². The Morgan fingerprint density at radius 1 is 1.16 bits per heavy atom. The molecule has 0 aliphatic rings. The van der Waals surface area contributed by atoms with Crippen molar-refractivity contribution in [2.45, 2.75) is 59.1 Å². The minimum Gasteiger partial charge on any atom is -0.444 e. The van der Waals surface area contributed by atoms with Crippen LogP contribution in [-0.2, 0) is 9.53 Å². The van der Waals surface area contributed by atoms with Gasteiger partial charge in [0.1, 0.15) is 5.60 Å². The zero-order valence-electron chi connectivity index (χ0n) is 13.3. The Labute approximate surface area is 116 Å². The minimum atomic E-state index is -0.487. The van der Waals surface area contributed by atoms with Gasteiger partial charge in [0.2, 0.25) is 5.91 Å². The monoisotopic (exact) mass is 272 g/mol. The molecule has 0 aliphatic carbocycles. The van der Waals surface area contributed by atoms with Crippen molar-refractivity contribution in [1.82, 2.24) is 9.80 Å². The number of carbonyl (C=O) groups excluding carboxylic acids is 2. The fourth-order valence-electron chi connectivity index (χ4n) is 1.36. The van der Waals surface area contributed by atoms with Crippen LogP contribution < -0.4 is 0 Å². The van der Waals surface area contributed by atoms with Crippen molar-refractivity contribution >= 4 is 12.0 Å². The minimum absolute atomic E-state index is 0.104. The molecule has 0 atom stereocenters. The van der Waals surface area contributed by atoms with Crippen LogP contribution in [0.5, 0.6) is 0 Å². The van der Waals surface area contributed by atoms with E-state index >= 15 is 0 Å². The highest BCUT2D eigenvalue weighted by molar-refractivity contribution is 5.76. The quantitative estimate of drug-likeness (QED) is 0.772. The smallest absolute Gasteiger partial charge is 0.410 e. The molecule has 0 rings (SSSR count). The van der Waals surface area contributed by atoms with E-state index in [1.165, 1.54) is 4.90 Å². The molecule has 0 fully saturated rings. The third kappa shape index (κ3) is 7.70. The first-order valence-corrected chi connectivity index (χ1v) is 6.74. The zero-order chi connectivity index (χ0) is 15.2. The molecule has 0 aromatic heterocycles. The van der Waals surface area contributed by atoms with E-state index in [9.17, 15) is 9.59 Å². The van der Waals surface area contributed by atoms with Gasteiger partial charge in [-0.05, 0) is 41.0 Å². The number of rotatable bonds is 5. The van der Waals surface area contributed by atoms with Gasteiger partial charge in [0, 0.05) is 33.1 Å². The number of hydrogen-bond donors (Lipinski definition) is 0. The molecule has 0 spiro atoms. The number of nitrogens with zero attached hydrogens (tertiary/aromatic N) is 2. The molecule has 0 radical (unpaired) electrons. The van der Waals surface area contributed by atoms with Gasteiger partial charge in [-0.25, -0.2) is 4.79 Å². The molecule has 0 bridgehead atoms. The van der Waals surface area contributed by atoms with Crippen molar-refractivity contribution in [3.05, 3.63) is 0 Å². The molecular formula is C14H28N2O3. The van der Waals surface area contributed by atoms with Crippen molar-refractivity contribution in [3.8, 4) is 0 Å². The lowest BCUT2D eigenvalue weighted by atomic mass is 10.2. The fourth-order valence-corrected chi connectivity index (χ4v) is 1.36. The summed E-state index contributed by atoms with van der Waals surface area (Å²) >= 11 is 0. The third-order valence-corrected chi connectivity index (χ3v) is 2.76. The van der Waals surface area contributed by atoms with Crippen molar-refractivity contribution in [2.75, 3.05) is 20.6 Å². The second-order valence-electron chi connectivity index (χ2n) is 6.10. The van der Waals surface area contributed by atoms with Crippen molar-refractivity contribution < 1.29 is 14.3 Å². The molecule has 5 nitrogen and oxygen atoms in total. The molecule has 0 aromatic carbocycles. The molecule has 0 heterocycles. The molecule has 0 unspecified atom stereocenters. The van der Waals surface area contributed by atoms with E-state index in [1.54, 1.807) is 19.0 Å². The van der Waals surface area contributed by atoms with Gasteiger partial charge in [0.15, 0.2) is 0 Å². The summed E-state index contributed by atoms with van der Waals surface area (Å²) in [5.41, 5.74) is -0.487. The molecule has 5 heteroatoms. The molecule has 0 aromatic rings. The molecule has 19 heavy (non-hydrogen) atoms. The fraction of sp³-hybridized carbons (Fsp3) is 0.857. The SMILES string of the molecule is CC(C)N(C)C(=O)CCCN(C)C(=O)OC(C)(C)C. The van der Waals surface area contributed by atoms with Crippen LogP contribution in [0.4, 0.5) is 4.79 Å². The Kier molecular flexibility index (Phi) is 6.87. The summed E-state index contributed by atoms with van der Waals surface area (Å²) in [6.45, 7) is 9.97. The van der Waals surface area contributed by atoms with E-state index in [0.29, 0.717) is 19.4 Å². The van der Waals surface area contributed by atoms with Crippen LogP contribution in [-0.4, -0.2) is 54.1 Å². The van der Waals surface area contributed by atoms with Gasteiger partial charge < -0.3 is 14.5 Å². The lowest BCUT2D eigenvalue weighted by molar-refractivity contribution is -0.131. The van der Waals surface area contributed by atoms with Crippen LogP contribution in [0.2, 0.25) is 0 Å². The topological polar surface area (TPSA) is 49.9 Å².